The van der Waals surface area contributed by atoms with Crippen LogP contribution in [0.3, 0.4) is 0 Å². The molecule has 2 aliphatic heterocycles. The highest BCUT2D eigenvalue weighted by Gasteiger charge is 2.52. The van der Waals surface area contributed by atoms with Gasteiger partial charge in [-0.3, -0.25) is 4.79 Å². The second-order valence-electron chi connectivity index (χ2n) is 10.1. The summed E-state index contributed by atoms with van der Waals surface area (Å²) in [7, 11) is 0. The highest BCUT2D eigenvalue weighted by atomic mass is 32.2. The molecule has 2 saturated heterocycles. The third-order valence-electron chi connectivity index (χ3n) is 6.86. The van der Waals surface area contributed by atoms with Crippen LogP contribution in [-0.2, 0) is 39.9 Å². The molecule has 0 bridgehead atoms. The van der Waals surface area contributed by atoms with E-state index in [-0.39, 0.29) is 18.6 Å². The Balaban J connectivity index is 1.44. The van der Waals surface area contributed by atoms with Crippen molar-refractivity contribution in [1.29, 1.82) is 0 Å². The molecule has 7 nitrogen and oxygen atoms in total. The van der Waals surface area contributed by atoms with Crippen LogP contribution in [0.5, 0.6) is 0 Å². The maximum Gasteiger partial charge on any atom is 0.306 e. The molecule has 2 fully saturated rings. The van der Waals surface area contributed by atoms with Crippen molar-refractivity contribution in [2.45, 2.75) is 74.3 Å². The standard InChI is InChI=1S/C32H34O7S/c1-21-13-16-25(17-14-21)40-32-30(38-27(34)18-15-22(2)33)29(35-19-23-9-5-3-6-10-23)28-26(37-32)20-36-31(39-28)24-11-7-4-8-12-24/h3-14,16-17,26,28-32H,15,18-20H2,1-2H3/t26-,28+,29+,30-,31?,32+/m1/s1. The molecular formula is C32H34O7S. The maximum absolute atomic E-state index is 13.0. The minimum absolute atomic E-state index is 0.0101. The van der Waals surface area contributed by atoms with Crippen molar-refractivity contribution >= 4 is 23.5 Å². The van der Waals surface area contributed by atoms with E-state index in [1.54, 1.807) is 0 Å². The molecule has 0 radical (unpaired) electrons. The fraction of sp³-hybridized carbons (Fsp3) is 0.375. The Bertz CT molecular complexity index is 1250. The molecule has 5 rings (SSSR count). The fourth-order valence-corrected chi connectivity index (χ4v) is 5.85. The number of thioether (sulfide) groups is 1. The predicted molar refractivity (Wildman–Crippen MR) is 151 cm³/mol. The lowest BCUT2D eigenvalue weighted by molar-refractivity contribution is -0.326. The highest BCUT2D eigenvalue weighted by molar-refractivity contribution is 7.99. The molecule has 0 spiro atoms. The number of fused-ring (bicyclic) bond motifs is 1. The number of carbonyl (C=O) groups is 2. The molecule has 3 aromatic rings. The lowest BCUT2D eigenvalue weighted by atomic mass is 9.98. The average Bonchev–Trinajstić information content (AvgIpc) is 2.97. The summed E-state index contributed by atoms with van der Waals surface area (Å²) in [4.78, 5) is 25.5. The van der Waals surface area contributed by atoms with Crippen molar-refractivity contribution in [1.82, 2.24) is 0 Å². The second-order valence-corrected chi connectivity index (χ2v) is 11.2. The van der Waals surface area contributed by atoms with Gasteiger partial charge in [0.15, 0.2) is 12.4 Å². The molecule has 210 valence electrons. The van der Waals surface area contributed by atoms with Gasteiger partial charge in [0, 0.05) is 16.9 Å². The number of carbonyl (C=O) groups excluding carboxylic acids is 2. The Kier molecular flexibility index (Phi) is 9.67. The second kappa shape index (κ2) is 13.6. The summed E-state index contributed by atoms with van der Waals surface area (Å²) in [6.45, 7) is 4.09. The van der Waals surface area contributed by atoms with Crippen LogP contribution in [0.4, 0.5) is 0 Å². The number of hydrogen-bond acceptors (Lipinski definition) is 8. The summed E-state index contributed by atoms with van der Waals surface area (Å²) < 4.78 is 31.7. The van der Waals surface area contributed by atoms with E-state index in [1.165, 1.54) is 18.7 Å². The minimum Gasteiger partial charge on any atom is -0.456 e. The van der Waals surface area contributed by atoms with Crippen LogP contribution in [0.15, 0.2) is 89.8 Å². The van der Waals surface area contributed by atoms with Gasteiger partial charge in [-0.25, -0.2) is 0 Å². The van der Waals surface area contributed by atoms with Gasteiger partial charge in [-0.15, -0.1) is 0 Å². The smallest absolute Gasteiger partial charge is 0.306 e. The number of Topliss-reactive ketones (excluding diaryl/α,β-unsaturated/α-hetero) is 1. The summed E-state index contributed by atoms with van der Waals surface area (Å²) >= 11 is 1.47. The molecular weight excluding hydrogens is 528 g/mol. The van der Waals surface area contributed by atoms with Crippen molar-refractivity contribution in [3.63, 3.8) is 0 Å². The van der Waals surface area contributed by atoms with Crippen LogP contribution < -0.4 is 0 Å². The van der Waals surface area contributed by atoms with E-state index in [1.807, 2.05) is 91.9 Å². The number of esters is 1. The first-order valence-corrected chi connectivity index (χ1v) is 14.4. The van der Waals surface area contributed by atoms with Crippen LogP contribution in [0, 0.1) is 6.92 Å². The van der Waals surface area contributed by atoms with Gasteiger partial charge in [0.25, 0.3) is 0 Å². The number of aryl methyl sites for hydroxylation is 1. The van der Waals surface area contributed by atoms with Crippen LogP contribution in [-0.4, -0.2) is 48.2 Å². The zero-order valence-corrected chi connectivity index (χ0v) is 23.5. The van der Waals surface area contributed by atoms with Crippen LogP contribution in [0.2, 0.25) is 0 Å². The fourth-order valence-electron chi connectivity index (χ4n) is 4.74. The first kappa shape index (κ1) is 28.5. The monoisotopic (exact) mass is 562 g/mol. The summed E-state index contributed by atoms with van der Waals surface area (Å²) in [6.07, 6.45) is -2.92. The van der Waals surface area contributed by atoms with E-state index in [0.29, 0.717) is 13.2 Å². The number of benzene rings is 3. The number of ketones is 1. The molecule has 3 aromatic carbocycles. The molecule has 0 aliphatic carbocycles. The van der Waals surface area contributed by atoms with Crippen molar-refractivity contribution in [2.24, 2.45) is 0 Å². The highest BCUT2D eigenvalue weighted by Crippen LogP contribution is 2.41. The SMILES string of the molecule is CC(=O)CCC(=O)O[C@@H]1[C@@H](OCc2ccccc2)[C@H]2OC(c3ccccc3)OC[C@H]2O[C@H]1Sc1ccc(C)cc1. The minimum atomic E-state index is -0.787. The van der Waals surface area contributed by atoms with Gasteiger partial charge in [-0.2, -0.15) is 0 Å². The third-order valence-corrected chi connectivity index (χ3v) is 8.02. The first-order chi connectivity index (χ1) is 19.5. The van der Waals surface area contributed by atoms with Crippen molar-refractivity contribution in [2.75, 3.05) is 6.61 Å². The van der Waals surface area contributed by atoms with Gasteiger partial charge in [0.2, 0.25) is 0 Å². The van der Waals surface area contributed by atoms with E-state index >= 15 is 0 Å². The van der Waals surface area contributed by atoms with E-state index in [2.05, 4.69) is 0 Å². The molecule has 2 aliphatic rings. The molecule has 40 heavy (non-hydrogen) atoms. The lowest BCUT2D eigenvalue weighted by Gasteiger charge is -2.48. The Hall–Kier alpha value is -3.01. The molecule has 2 heterocycles. The maximum atomic E-state index is 13.0. The van der Waals surface area contributed by atoms with Gasteiger partial charge < -0.3 is 28.5 Å². The van der Waals surface area contributed by atoms with Crippen molar-refractivity contribution in [3.05, 3.63) is 102 Å². The topological polar surface area (TPSA) is 80.3 Å². The van der Waals surface area contributed by atoms with Gasteiger partial charge in [0.1, 0.15) is 29.5 Å². The third kappa shape index (κ3) is 7.38. The predicted octanol–water partition coefficient (Wildman–Crippen LogP) is 5.79. The molecule has 0 aromatic heterocycles. The van der Waals surface area contributed by atoms with Gasteiger partial charge in [-0.1, -0.05) is 90.1 Å². The Morgan fingerprint density at radius 1 is 0.875 bits per heavy atom. The molecule has 0 N–H and O–H groups in total. The Labute approximate surface area is 239 Å². The summed E-state index contributed by atoms with van der Waals surface area (Å²) in [5.74, 6) is -0.547. The quantitative estimate of drug-likeness (QED) is 0.287. The van der Waals surface area contributed by atoms with Crippen LogP contribution >= 0.6 is 11.8 Å². The Morgan fingerprint density at radius 2 is 1.57 bits per heavy atom. The Morgan fingerprint density at radius 3 is 2.27 bits per heavy atom. The van der Waals surface area contributed by atoms with E-state index < -0.39 is 42.1 Å². The summed E-state index contributed by atoms with van der Waals surface area (Å²) in [5.41, 5.74) is 2.44. The van der Waals surface area contributed by atoms with Gasteiger partial charge in [0.05, 0.1) is 19.6 Å². The first-order valence-electron chi connectivity index (χ1n) is 13.5. The van der Waals surface area contributed by atoms with Gasteiger partial charge >= 0.3 is 5.97 Å². The molecule has 6 atom stereocenters. The number of rotatable bonds is 10. The van der Waals surface area contributed by atoms with Crippen molar-refractivity contribution < 1.29 is 33.3 Å². The van der Waals surface area contributed by atoms with E-state index in [4.69, 9.17) is 23.7 Å². The zero-order valence-electron chi connectivity index (χ0n) is 22.6. The largest absolute Gasteiger partial charge is 0.456 e. The number of ether oxygens (including phenoxy) is 5. The number of hydrogen-bond donors (Lipinski definition) is 0. The molecule has 0 amide bonds. The van der Waals surface area contributed by atoms with E-state index in [9.17, 15) is 9.59 Å². The zero-order chi connectivity index (χ0) is 27.9. The van der Waals surface area contributed by atoms with Crippen LogP contribution in [0.1, 0.15) is 42.7 Å². The van der Waals surface area contributed by atoms with E-state index in [0.717, 1.165) is 21.6 Å². The van der Waals surface area contributed by atoms with Crippen LogP contribution in [0.25, 0.3) is 0 Å². The molecule has 8 heteroatoms. The lowest BCUT2D eigenvalue weighted by Crippen LogP contribution is -2.62. The molecule has 0 saturated carbocycles. The normalized spacial score (nSPS) is 26.1. The summed E-state index contributed by atoms with van der Waals surface area (Å²) in [5, 5.41) is 0. The van der Waals surface area contributed by atoms with Gasteiger partial charge in [-0.05, 0) is 31.5 Å². The van der Waals surface area contributed by atoms with Crippen molar-refractivity contribution in [3.8, 4) is 0 Å². The summed E-state index contributed by atoms with van der Waals surface area (Å²) in [6, 6.07) is 27.6. The average molecular weight is 563 g/mol. The molecule has 1 unspecified atom stereocenters.